The van der Waals surface area contributed by atoms with E-state index in [2.05, 4.69) is 15.3 Å². The molecule has 4 aromatic rings. The molecule has 0 fully saturated rings. The summed E-state index contributed by atoms with van der Waals surface area (Å²) in [4.78, 5) is 61.7. The van der Waals surface area contributed by atoms with E-state index >= 15 is 0 Å². The highest BCUT2D eigenvalue weighted by atomic mass is 19.1. The van der Waals surface area contributed by atoms with Crippen molar-refractivity contribution in [1.29, 1.82) is 0 Å². The van der Waals surface area contributed by atoms with Gasteiger partial charge < -0.3 is 24.4 Å². The number of carbonyl (C=O) groups is 3. The van der Waals surface area contributed by atoms with Crippen LogP contribution in [0, 0.1) is 17.5 Å². The highest BCUT2D eigenvalue weighted by molar-refractivity contribution is 5.95. The van der Waals surface area contributed by atoms with Crippen molar-refractivity contribution >= 4 is 34.6 Å². The Morgan fingerprint density at radius 3 is 2.41 bits per heavy atom. The summed E-state index contributed by atoms with van der Waals surface area (Å²) in [7, 11) is 6.06. The Bertz CT molecular complexity index is 1850. The summed E-state index contributed by atoms with van der Waals surface area (Å²) in [5, 5.41) is 2.46. The molecule has 0 aliphatic rings. The number of hydrogen-bond donors (Lipinski definition) is 1. The summed E-state index contributed by atoms with van der Waals surface area (Å²) < 4.78 is 50.1. The molecular weight excluding hydrogens is 607 g/mol. The molecule has 0 aliphatic carbocycles. The van der Waals surface area contributed by atoms with Gasteiger partial charge in [-0.25, -0.2) is 27.9 Å². The molecule has 12 nitrogen and oxygen atoms in total. The van der Waals surface area contributed by atoms with Crippen LogP contribution < -0.4 is 10.9 Å². The van der Waals surface area contributed by atoms with Crippen molar-refractivity contribution < 1.29 is 32.3 Å². The molecule has 0 saturated carbocycles. The molecule has 46 heavy (non-hydrogen) atoms. The lowest BCUT2D eigenvalue weighted by Gasteiger charge is -2.19. The minimum absolute atomic E-state index is 0.0115. The molecule has 0 aliphatic heterocycles. The van der Waals surface area contributed by atoms with Crippen LogP contribution in [0.5, 0.6) is 0 Å². The molecule has 0 saturated heterocycles. The van der Waals surface area contributed by atoms with Gasteiger partial charge in [-0.3, -0.25) is 19.0 Å². The molecule has 2 aromatic heterocycles. The van der Waals surface area contributed by atoms with E-state index in [1.54, 1.807) is 24.7 Å². The van der Waals surface area contributed by atoms with Gasteiger partial charge in [-0.15, -0.1) is 0 Å². The zero-order chi connectivity index (χ0) is 33.5. The molecule has 1 N–H and O–H groups in total. The number of nitrogens with zero attached hydrogens (tertiary/aromatic N) is 6. The van der Waals surface area contributed by atoms with E-state index in [4.69, 9.17) is 4.74 Å². The van der Waals surface area contributed by atoms with Crippen molar-refractivity contribution in [1.82, 2.24) is 28.9 Å². The lowest BCUT2D eigenvalue weighted by Crippen LogP contribution is -2.37. The molecule has 1 atom stereocenters. The molecule has 0 spiro atoms. The van der Waals surface area contributed by atoms with Gasteiger partial charge >= 0.3 is 6.09 Å². The van der Waals surface area contributed by atoms with E-state index in [-0.39, 0.29) is 54.4 Å². The Hall–Kier alpha value is -5.47. The molecule has 2 heterocycles. The minimum Gasteiger partial charge on any atom is -0.436 e. The van der Waals surface area contributed by atoms with Gasteiger partial charge in [0.2, 0.25) is 5.91 Å². The highest BCUT2D eigenvalue weighted by Gasteiger charge is 2.25. The first-order valence-electron chi connectivity index (χ1n) is 14.0. The summed E-state index contributed by atoms with van der Waals surface area (Å²) in [5.41, 5.74) is -0.0883. The summed E-state index contributed by atoms with van der Waals surface area (Å²) in [6.45, 7) is -0.311. The summed E-state index contributed by atoms with van der Waals surface area (Å²) in [6.07, 6.45) is 3.32. The van der Waals surface area contributed by atoms with Crippen LogP contribution in [0.3, 0.4) is 0 Å². The lowest BCUT2D eigenvalue weighted by atomic mass is 10.1. The third-order valence-electron chi connectivity index (χ3n) is 6.80. The van der Waals surface area contributed by atoms with Crippen molar-refractivity contribution in [3.8, 4) is 0 Å². The van der Waals surface area contributed by atoms with E-state index < -0.39 is 41.1 Å². The fourth-order valence-electron chi connectivity index (χ4n) is 4.34. The van der Waals surface area contributed by atoms with Gasteiger partial charge in [0.25, 0.3) is 11.5 Å². The van der Waals surface area contributed by atoms with E-state index in [0.717, 1.165) is 27.8 Å². The maximum Gasteiger partial charge on any atom is 0.410 e. The monoisotopic (exact) mass is 639 g/mol. The molecule has 15 heteroatoms. The maximum absolute atomic E-state index is 14.6. The summed E-state index contributed by atoms with van der Waals surface area (Å²) in [6, 6.07) is 7.00. The minimum atomic E-state index is -1.31. The first-order valence-corrected chi connectivity index (χ1v) is 14.0. The average Bonchev–Trinajstić information content (AvgIpc) is 3.32. The normalized spacial score (nSPS) is 11.9. The van der Waals surface area contributed by atoms with Crippen LogP contribution in [0.4, 0.5) is 23.7 Å². The zero-order valence-electron chi connectivity index (χ0n) is 25.5. The molecular formula is C31H32F3N7O5. The van der Waals surface area contributed by atoms with Crippen LogP contribution >= 0.6 is 0 Å². The standard InChI is InChI=1S/C31H32F3N7O5/c1-38(2)28(42)8-6-5-7-26(46-31(45)39(3)4)29(43)37-24-15-35-18-40(30(24)44)17-27-36-23-14-21(33)11-12-25(23)41(27)16-19-9-10-20(32)13-22(19)34/h6,8-15,18,26H,5,7,16-17H2,1-4H3,(H,37,43). The van der Waals surface area contributed by atoms with E-state index in [9.17, 15) is 32.3 Å². The Morgan fingerprint density at radius 2 is 1.72 bits per heavy atom. The molecule has 2 aromatic carbocycles. The summed E-state index contributed by atoms with van der Waals surface area (Å²) >= 11 is 0. The number of anilines is 1. The number of amides is 3. The van der Waals surface area contributed by atoms with Gasteiger partial charge in [0, 0.05) is 45.9 Å². The fourth-order valence-corrected chi connectivity index (χ4v) is 4.34. The first kappa shape index (κ1) is 33.4. The van der Waals surface area contributed by atoms with Crippen molar-refractivity contribution in [2.24, 2.45) is 0 Å². The number of hydrogen-bond acceptors (Lipinski definition) is 7. The number of carbonyl (C=O) groups excluding carboxylic acids is 3. The van der Waals surface area contributed by atoms with Crippen molar-refractivity contribution in [3.63, 3.8) is 0 Å². The molecule has 3 amide bonds. The van der Waals surface area contributed by atoms with Gasteiger partial charge in [0.1, 0.15) is 29.0 Å². The molecule has 0 bridgehead atoms. The van der Waals surface area contributed by atoms with Crippen LogP contribution in [-0.4, -0.2) is 81.1 Å². The Labute approximate surface area is 261 Å². The van der Waals surface area contributed by atoms with Crippen LogP contribution in [0.2, 0.25) is 0 Å². The number of aromatic nitrogens is 4. The van der Waals surface area contributed by atoms with Crippen LogP contribution in [0.15, 0.2) is 65.9 Å². The molecule has 1 unspecified atom stereocenters. The second kappa shape index (κ2) is 14.5. The number of benzene rings is 2. The SMILES string of the molecule is CN(C)C(=O)C=CCCC(OC(=O)N(C)C)C(=O)Nc1cncn(Cc2nc3cc(F)ccc3n2Cc2ccc(F)cc2F)c1=O. The lowest BCUT2D eigenvalue weighted by molar-refractivity contribution is -0.125. The highest BCUT2D eigenvalue weighted by Crippen LogP contribution is 2.21. The number of rotatable bonds is 11. The van der Waals surface area contributed by atoms with Gasteiger partial charge in [-0.2, -0.15) is 0 Å². The van der Waals surface area contributed by atoms with Crippen molar-refractivity contribution in [2.45, 2.75) is 32.0 Å². The predicted octanol–water partition coefficient (Wildman–Crippen LogP) is 3.54. The quantitative estimate of drug-likeness (QED) is 0.249. The van der Waals surface area contributed by atoms with Gasteiger partial charge in [0.15, 0.2) is 6.10 Å². The third kappa shape index (κ3) is 8.16. The van der Waals surface area contributed by atoms with Crippen molar-refractivity contribution in [2.75, 3.05) is 33.5 Å². The number of halogens is 3. The van der Waals surface area contributed by atoms with E-state index in [1.165, 1.54) is 55.7 Å². The Kier molecular flexibility index (Phi) is 10.6. The smallest absolute Gasteiger partial charge is 0.410 e. The Balaban J connectivity index is 1.60. The first-order chi connectivity index (χ1) is 21.8. The van der Waals surface area contributed by atoms with Crippen molar-refractivity contribution in [3.05, 3.63) is 100 Å². The fraction of sp³-hybridized carbons (Fsp3) is 0.290. The maximum atomic E-state index is 14.6. The van der Waals surface area contributed by atoms with E-state index in [0.29, 0.717) is 5.52 Å². The number of fused-ring (bicyclic) bond motifs is 1. The largest absolute Gasteiger partial charge is 0.436 e. The van der Waals surface area contributed by atoms with Gasteiger partial charge in [0.05, 0.1) is 36.6 Å². The molecule has 242 valence electrons. The Morgan fingerprint density at radius 1 is 1.00 bits per heavy atom. The van der Waals surface area contributed by atoms with Crippen LogP contribution in [0.1, 0.15) is 24.2 Å². The predicted molar refractivity (Wildman–Crippen MR) is 162 cm³/mol. The number of likely N-dealkylation sites (N-methyl/N-ethyl adjacent to an activating group) is 1. The summed E-state index contributed by atoms with van der Waals surface area (Å²) in [5.74, 6) is -2.91. The number of ether oxygens (including phenoxy) is 1. The number of allylic oxidation sites excluding steroid dienone is 1. The average molecular weight is 640 g/mol. The number of imidazole rings is 1. The zero-order valence-corrected chi connectivity index (χ0v) is 25.5. The second-order valence-corrected chi connectivity index (χ2v) is 10.7. The molecule has 4 rings (SSSR count). The topological polar surface area (TPSA) is 132 Å². The second-order valence-electron chi connectivity index (χ2n) is 10.7. The molecule has 0 radical (unpaired) electrons. The van der Waals surface area contributed by atoms with Gasteiger partial charge in [-0.1, -0.05) is 12.1 Å². The van der Waals surface area contributed by atoms with E-state index in [1.807, 2.05) is 0 Å². The van der Waals surface area contributed by atoms with Crippen LogP contribution in [-0.2, 0) is 27.4 Å². The third-order valence-corrected chi connectivity index (χ3v) is 6.80. The van der Waals surface area contributed by atoms with Crippen LogP contribution in [0.25, 0.3) is 11.0 Å². The number of nitrogens with one attached hydrogen (secondary N) is 1. The van der Waals surface area contributed by atoms with Gasteiger partial charge in [-0.05, 0) is 37.1 Å².